The summed E-state index contributed by atoms with van der Waals surface area (Å²) in [7, 11) is 0. The molecule has 110 valence electrons. The molecule has 1 aliphatic heterocycles. The zero-order valence-electron chi connectivity index (χ0n) is 11.1. The molecule has 2 aromatic rings. The van der Waals surface area contributed by atoms with E-state index in [9.17, 15) is 17.6 Å². The number of anilines is 2. The van der Waals surface area contributed by atoms with Crippen molar-refractivity contribution in [3.63, 3.8) is 0 Å². The Kier molecular flexibility index (Phi) is 2.93. The van der Waals surface area contributed by atoms with E-state index in [1.165, 1.54) is 31.3 Å². The summed E-state index contributed by atoms with van der Waals surface area (Å²) < 4.78 is 55.3. The molecule has 2 nitrogen and oxygen atoms in total. The summed E-state index contributed by atoms with van der Waals surface area (Å²) in [5.41, 5.74) is -2.09. The monoisotopic (exact) mass is 296 g/mol. The maximum atomic E-state index is 13.9. The van der Waals surface area contributed by atoms with Gasteiger partial charge in [0.2, 0.25) is 0 Å². The first kappa shape index (κ1) is 13.9. The number of nitrogens with one attached hydrogen (secondary N) is 1. The van der Waals surface area contributed by atoms with Crippen molar-refractivity contribution in [2.24, 2.45) is 0 Å². The normalized spacial score (nSPS) is 20.4. The molecule has 0 saturated heterocycles. The lowest BCUT2D eigenvalue weighted by Crippen LogP contribution is -2.45. The summed E-state index contributed by atoms with van der Waals surface area (Å²) in [6.07, 6.45) is -3.35. The number of alkyl halides is 3. The van der Waals surface area contributed by atoms with Crippen molar-refractivity contribution in [1.29, 1.82) is 0 Å². The van der Waals surface area contributed by atoms with Crippen molar-refractivity contribution >= 4 is 11.5 Å². The van der Waals surface area contributed by atoms with Gasteiger partial charge in [-0.25, -0.2) is 9.37 Å². The van der Waals surface area contributed by atoms with Crippen LogP contribution in [0.25, 0.3) is 0 Å². The van der Waals surface area contributed by atoms with E-state index in [4.69, 9.17) is 0 Å². The molecule has 0 amide bonds. The predicted octanol–water partition coefficient (Wildman–Crippen LogP) is 4.54. The van der Waals surface area contributed by atoms with Gasteiger partial charge in [0.05, 0.1) is 0 Å². The fourth-order valence-corrected chi connectivity index (χ4v) is 2.99. The minimum Gasteiger partial charge on any atom is -0.340 e. The third-order valence-corrected chi connectivity index (χ3v) is 3.98. The summed E-state index contributed by atoms with van der Waals surface area (Å²) in [5, 5.41) is 2.85. The Hall–Kier alpha value is -2.11. The number of pyridine rings is 1. The molecular weight excluding hydrogens is 284 g/mol. The maximum absolute atomic E-state index is 13.9. The van der Waals surface area contributed by atoms with Crippen LogP contribution in [0.4, 0.5) is 29.1 Å². The van der Waals surface area contributed by atoms with Gasteiger partial charge in [0.25, 0.3) is 0 Å². The van der Waals surface area contributed by atoms with E-state index >= 15 is 0 Å². The summed E-state index contributed by atoms with van der Waals surface area (Å²) in [4.78, 5) is 3.99. The fraction of sp³-hybridized carbons (Fsp3) is 0.267. The van der Waals surface area contributed by atoms with Crippen LogP contribution in [0.15, 0.2) is 36.5 Å². The quantitative estimate of drug-likeness (QED) is 0.782. The lowest BCUT2D eigenvalue weighted by atomic mass is 9.69. The minimum atomic E-state index is -4.55. The van der Waals surface area contributed by atoms with E-state index in [2.05, 4.69) is 10.3 Å². The molecule has 1 N–H and O–H groups in total. The number of rotatable bonds is 1. The van der Waals surface area contributed by atoms with Gasteiger partial charge < -0.3 is 5.32 Å². The molecule has 6 heteroatoms. The Morgan fingerprint density at radius 1 is 1.19 bits per heavy atom. The zero-order valence-corrected chi connectivity index (χ0v) is 11.1. The number of hydrogen-bond donors (Lipinski definition) is 1. The molecule has 3 rings (SSSR count). The fourth-order valence-electron chi connectivity index (χ4n) is 2.99. The molecule has 2 heterocycles. The molecule has 0 bridgehead atoms. The predicted molar refractivity (Wildman–Crippen MR) is 71.0 cm³/mol. The number of aromatic nitrogens is 1. The van der Waals surface area contributed by atoms with E-state index in [-0.39, 0.29) is 29.1 Å². The Bertz CT molecular complexity index is 696. The minimum absolute atomic E-state index is 0.0260. The number of halogens is 4. The molecule has 0 spiro atoms. The second-order valence-corrected chi connectivity index (χ2v) is 4.97. The van der Waals surface area contributed by atoms with E-state index in [1.807, 2.05) is 0 Å². The van der Waals surface area contributed by atoms with Gasteiger partial charge in [-0.15, -0.1) is 0 Å². The molecule has 1 aromatic heterocycles. The molecule has 1 unspecified atom stereocenters. The lowest BCUT2D eigenvalue weighted by molar-refractivity contribution is -0.179. The highest BCUT2D eigenvalue weighted by molar-refractivity contribution is 5.74. The number of benzene rings is 1. The summed E-state index contributed by atoms with van der Waals surface area (Å²) in [5.74, 6) is -0.527. The SMILES string of the molecule is CCC1(C(F)(F)F)c2cc(F)ccc2Nc2ncccc21. The van der Waals surface area contributed by atoms with E-state index in [0.717, 1.165) is 12.1 Å². The van der Waals surface area contributed by atoms with Crippen LogP contribution in [-0.4, -0.2) is 11.2 Å². The van der Waals surface area contributed by atoms with E-state index < -0.39 is 17.4 Å². The van der Waals surface area contributed by atoms with Gasteiger partial charge in [-0.05, 0) is 36.2 Å². The van der Waals surface area contributed by atoms with Gasteiger partial charge in [0, 0.05) is 17.4 Å². The molecule has 0 aliphatic carbocycles. The molecule has 0 radical (unpaired) electrons. The van der Waals surface area contributed by atoms with Crippen molar-refractivity contribution < 1.29 is 17.6 Å². The van der Waals surface area contributed by atoms with Gasteiger partial charge in [0.1, 0.15) is 17.1 Å². The Balaban J connectivity index is 2.39. The number of nitrogens with zero attached hydrogens (tertiary/aromatic N) is 1. The zero-order chi connectivity index (χ0) is 15.3. The highest BCUT2D eigenvalue weighted by Crippen LogP contribution is 2.55. The second kappa shape index (κ2) is 4.44. The van der Waals surface area contributed by atoms with Crippen molar-refractivity contribution in [3.05, 3.63) is 53.5 Å². The average Bonchev–Trinajstić information content (AvgIpc) is 2.43. The Morgan fingerprint density at radius 3 is 2.62 bits per heavy atom. The standard InChI is InChI=1S/C15H12F4N2/c1-2-14(15(17,18)19)10-4-3-7-20-13(10)21-12-6-5-9(16)8-11(12)14/h3-8H,2H2,1H3,(H,20,21). The molecule has 1 aromatic carbocycles. The smallest absolute Gasteiger partial charge is 0.340 e. The van der Waals surface area contributed by atoms with Crippen molar-refractivity contribution in [3.8, 4) is 0 Å². The van der Waals surface area contributed by atoms with Crippen LogP contribution >= 0.6 is 0 Å². The van der Waals surface area contributed by atoms with Crippen LogP contribution in [0.2, 0.25) is 0 Å². The van der Waals surface area contributed by atoms with Crippen molar-refractivity contribution in [2.45, 2.75) is 24.9 Å². The van der Waals surface area contributed by atoms with Crippen LogP contribution in [-0.2, 0) is 5.41 Å². The maximum Gasteiger partial charge on any atom is 0.402 e. The van der Waals surface area contributed by atoms with Crippen LogP contribution in [0.1, 0.15) is 24.5 Å². The average molecular weight is 296 g/mol. The number of hydrogen-bond acceptors (Lipinski definition) is 2. The summed E-state index contributed by atoms with van der Waals surface area (Å²) in [6.45, 7) is 1.45. The molecule has 0 saturated carbocycles. The molecule has 0 fully saturated rings. The molecular formula is C15H12F4N2. The van der Waals surface area contributed by atoms with Crippen LogP contribution in [0, 0.1) is 5.82 Å². The van der Waals surface area contributed by atoms with Gasteiger partial charge in [-0.3, -0.25) is 0 Å². The molecule has 1 aliphatic rings. The first-order chi connectivity index (χ1) is 9.90. The van der Waals surface area contributed by atoms with Crippen molar-refractivity contribution in [2.75, 3.05) is 5.32 Å². The molecule has 1 atom stereocenters. The Morgan fingerprint density at radius 2 is 1.95 bits per heavy atom. The highest BCUT2D eigenvalue weighted by atomic mass is 19.4. The van der Waals surface area contributed by atoms with Gasteiger partial charge >= 0.3 is 6.18 Å². The largest absolute Gasteiger partial charge is 0.402 e. The third kappa shape index (κ3) is 1.81. The second-order valence-electron chi connectivity index (χ2n) is 4.97. The van der Waals surface area contributed by atoms with Gasteiger partial charge in [0.15, 0.2) is 0 Å². The van der Waals surface area contributed by atoms with Crippen molar-refractivity contribution in [1.82, 2.24) is 4.98 Å². The van der Waals surface area contributed by atoms with E-state index in [1.54, 1.807) is 0 Å². The number of fused-ring (bicyclic) bond motifs is 2. The van der Waals surface area contributed by atoms with Crippen LogP contribution in [0.5, 0.6) is 0 Å². The van der Waals surface area contributed by atoms with E-state index in [0.29, 0.717) is 0 Å². The van der Waals surface area contributed by atoms with Crippen LogP contribution in [0.3, 0.4) is 0 Å². The van der Waals surface area contributed by atoms with Gasteiger partial charge in [-0.1, -0.05) is 13.0 Å². The third-order valence-electron chi connectivity index (χ3n) is 3.98. The first-order valence-electron chi connectivity index (χ1n) is 6.49. The molecule has 21 heavy (non-hydrogen) atoms. The first-order valence-corrected chi connectivity index (χ1v) is 6.49. The lowest BCUT2D eigenvalue weighted by Gasteiger charge is -2.41. The highest BCUT2D eigenvalue weighted by Gasteiger charge is 2.59. The summed E-state index contributed by atoms with van der Waals surface area (Å²) in [6, 6.07) is 6.26. The van der Waals surface area contributed by atoms with Gasteiger partial charge in [-0.2, -0.15) is 13.2 Å². The van der Waals surface area contributed by atoms with Crippen LogP contribution < -0.4 is 5.32 Å². The topological polar surface area (TPSA) is 24.9 Å². The Labute approximate surface area is 118 Å². The summed E-state index contributed by atoms with van der Waals surface area (Å²) >= 11 is 0.